The number of hydrogen-bond donors (Lipinski definition) is 1. The van der Waals surface area contributed by atoms with Crippen LogP contribution in [0.25, 0.3) is 11.2 Å². The van der Waals surface area contributed by atoms with E-state index < -0.39 is 0 Å². The van der Waals surface area contributed by atoms with Crippen molar-refractivity contribution in [2.75, 3.05) is 13.7 Å². The zero-order chi connectivity index (χ0) is 15.7. The zero-order valence-electron chi connectivity index (χ0n) is 12.8. The Labute approximate surface area is 121 Å². The third-order valence-corrected chi connectivity index (χ3v) is 3.52. The highest BCUT2D eigenvalue weighted by Gasteiger charge is 2.20. The number of aryl methyl sites for hydroxylation is 1. The summed E-state index contributed by atoms with van der Waals surface area (Å²) in [6.07, 6.45) is 0. The van der Waals surface area contributed by atoms with Gasteiger partial charge in [-0.25, -0.2) is 9.78 Å². The minimum Gasteiger partial charge on any atom is -0.383 e. The molecule has 0 saturated carbocycles. The smallest absolute Gasteiger partial charge is 0.332 e. The van der Waals surface area contributed by atoms with Crippen LogP contribution >= 0.6 is 0 Å². The number of nitrogens with two attached hydrogens (primary N) is 1. The molecule has 0 saturated heterocycles. The van der Waals surface area contributed by atoms with Gasteiger partial charge >= 0.3 is 5.69 Å². The van der Waals surface area contributed by atoms with Crippen molar-refractivity contribution >= 4 is 11.2 Å². The van der Waals surface area contributed by atoms with Gasteiger partial charge in [0.1, 0.15) is 5.82 Å². The van der Waals surface area contributed by atoms with Gasteiger partial charge in [0.05, 0.1) is 19.2 Å². The van der Waals surface area contributed by atoms with Crippen molar-refractivity contribution < 1.29 is 4.74 Å². The zero-order valence-corrected chi connectivity index (χ0v) is 12.8. The number of imidazole rings is 1. The Morgan fingerprint density at radius 3 is 2.52 bits per heavy atom. The highest BCUT2D eigenvalue weighted by atomic mass is 16.5. The summed E-state index contributed by atoms with van der Waals surface area (Å²) in [5, 5.41) is 0. The maximum Gasteiger partial charge on any atom is 0.332 e. The maximum atomic E-state index is 12.5. The third-order valence-electron chi connectivity index (χ3n) is 3.52. The molecule has 2 aromatic heterocycles. The number of rotatable bonds is 5. The molecule has 116 valence electrons. The fourth-order valence-corrected chi connectivity index (χ4v) is 2.45. The van der Waals surface area contributed by atoms with Gasteiger partial charge in [0.15, 0.2) is 11.2 Å². The molecule has 8 heteroatoms. The summed E-state index contributed by atoms with van der Waals surface area (Å²) >= 11 is 0. The summed E-state index contributed by atoms with van der Waals surface area (Å²) in [7, 11) is 3.30. The molecule has 0 bridgehead atoms. The van der Waals surface area contributed by atoms with Crippen molar-refractivity contribution in [2.24, 2.45) is 12.8 Å². The van der Waals surface area contributed by atoms with Crippen LogP contribution in [0.15, 0.2) is 9.59 Å². The quantitative estimate of drug-likeness (QED) is 0.808. The van der Waals surface area contributed by atoms with Gasteiger partial charge < -0.3 is 15.0 Å². The first-order valence-corrected chi connectivity index (χ1v) is 6.88. The average molecular weight is 295 g/mol. The molecule has 2 aromatic rings. The van der Waals surface area contributed by atoms with E-state index in [1.807, 2.05) is 0 Å². The molecule has 0 spiro atoms. The summed E-state index contributed by atoms with van der Waals surface area (Å²) in [4.78, 5) is 29.3. The summed E-state index contributed by atoms with van der Waals surface area (Å²) in [6.45, 7) is 4.55. The second kappa shape index (κ2) is 5.82. The van der Waals surface area contributed by atoms with Gasteiger partial charge in [-0.2, -0.15) is 0 Å². The second-order valence-corrected chi connectivity index (χ2v) is 4.97. The maximum absolute atomic E-state index is 12.5. The van der Waals surface area contributed by atoms with E-state index in [9.17, 15) is 9.59 Å². The molecule has 0 aliphatic carbocycles. The first-order chi connectivity index (χ1) is 9.93. The number of ether oxygens (including phenoxy) is 1. The molecule has 8 nitrogen and oxygen atoms in total. The van der Waals surface area contributed by atoms with E-state index in [-0.39, 0.29) is 17.3 Å². The Kier molecular flexibility index (Phi) is 4.29. The summed E-state index contributed by atoms with van der Waals surface area (Å²) < 4.78 is 9.36. The molecule has 0 radical (unpaired) electrons. The highest BCUT2D eigenvalue weighted by molar-refractivity contribution is 5.71. The van der Waals surface area contributed by atoms with Crippen LogP contribution in [0.4, 0.5) is 0 Å². The van der Waals surface area contributed by atoms with Gasteiger partial charge in [0.25, 0.3) is 5.56 Å². The molecular formula is C13H21N5O3. The standard InChI is InChI=1S/C13H21N5O3/c1-5-17-12(19)9-11(15-10(8(2)14)16(9)3)18(13(17)20)6-7-21-4/h8H,5-7,14H2,1-4H3. The normalized spacial score (nSPS) is 13.0. The van der Waals surface area contributed by atoms with Crippen LogP contribution in [0.2, 0.25) is 0 Å². The predicted octanol–water partition coefficient (Wildman–Crippen LogP) is -0.417. The minimum atomic E-state index is -0.374. The molecule has 21 heavy (non-hydrogen) atoms. The van der Waals surface area contributed by atoms with Crippen molar-refractivity contribution in [3.05, 3.63) is 26.7 Å². The molecule has 2 rings (SSSR count). The lowest BCUT2D eigenvalue weighted by Gasteiger charge is -2.10. The Hall–Kier alpha value is -1.93. The van der Waals surface area contributed by atoms with E-state index in [0.717, 1.165) is 0 Å². The van der Waals surface area contributed by atoms with Crippen molar-refractivity contribution in [2.45, 2.75) is 33.0 Å². The van der Waals surface area contributed by atoms with Crippen LogP contribution in [0.1, 0.15) is 25.7 Å². The van der Waals surface area contributed by atoms with E-state index in [1.54, 1.807) is 32.6 Å². The third kappa shape index (κ3) is 2.40. The molecular weight excluding hydrogens is 274 g/mol. The minimum absolute atomic E-state index is 0.305. The lowest BCUT2D eigenvalue weighted by Crippen LogP contribution is -2.40. The molecule has 0 aliphatic heterocycles. The molecule has 1 unspecified atom stereocenters. The van der Waals surface area contributed by atoms with E-state index in [2.05, 4.69) is 4.98 Å². The van der Waals surface area contributed by atoms with Gasteiger partial charge in [0.2, 0.25) is 0 Å². The van der Waals surface area contributed by atoms with Crippen LogP contribution in [0, 0.1) is 0 Å². The van der Waals surface area contributed by atoms with Gasteiger partial charge in [-0.3, -0.25) is 13.9 Å². The molecule has 2 N–H and O–H groups in total. The Morgan fingerprint density at radius 2 is 2.00 bits per heavy atom. The number of aromatic nitrogens is 4. The summed E-state index contributed by atoms with van der Waals surface area (Å²) in [6, 6.07) is -0.331. The fourth-order valence-electron chi connectivity index (χ4n) is 2.45. The molecule has 0 fully saturated rings. The van der Waals surface area contributed by atoms with Gasteiger partial charge in [-0.05, 0) is 13.8 Å². The Balaban J connectivity index is 2.90. The molecule has 0 aliphatic rings. The van der Waals surface area contributed by atoms with E-state index in [1.165, 1.54) is 9.13 Å². The van der Waals surface area contributed by atoms with Crippen molar-refractivity contribution in [3.8, 4) is 0 Å². The Morgan fingerprint density at radius 1 is 1.33 bits per heavy atom. The number of methoxy groups -OCH3 is 1. The lowest BCUT2D eigenvalue weighted by molar-refractivity contribution is 0.186. The Bertz CT molecular complexity index is 769. The highest BCUT2D eigenvalue weighted by Crippen LogP contribution is 2.14. The number of nitrogens with zero attached hydrogens (tertiary/aromatic N) is 4. The van der Waals surface area contributed by atoms with Crippen molar-refractivity contribution in [1.82, 2.24) is 18.7 Å². The first-order valence-electron chi connectivity index (χ1n) is 6.88. The fraction of sp³-hybridized carbons (Fsp3) is 0.615. The lowest BCUT2D eigenvalue weighted by atomic mass is 10.3. The summed E-state index contributed by atoms with van der Waals surface area (Å²) in [5.41, 5.74) is 5.92. The van der Waals surface area contributed by atoms with E-state index in [4.69, 9.17) is 10.5 Å². The van der Waals surface area contributed by atoms with Crippen LogP contribution < -0.4 is 17.0 Å². The van der Waals surface area contributed by atoms with Crippen molar-refractivity contribution in [1.29, 1.82) is 0 Å². The largest absolute Gasteiger partial charge is 0.383 e. The van der Waals surface area contributed by atoms with Crippen molar-refractivity contribution in [3.63, 3.8) is 0 Å². The number of hydrogen-bond acceptors (Lipinski definition) is 5. The molecule has 0 aromatic carbocycles. The monoisotopic (exact) mass is 295 g/mol. The second-order valence-electron chi connectivity index (χ2n) is 4.97. The summed E-state index contributed by atoms with van der Waals surface area (Å²) in [5.74, 6) is 0.571. The molecule has 2 heterocycles. The van der Waals surface area contributed by atoms with Crippen LogP contribution in [0.5, 0.6) is 0 Å². The van der Waals surface area contributed by atoms with Crippen LogP contribution in [-0.2, 0) is 24.9 Å². The number of fused-ring (bicyclic) bond motifs is 1. The topological polar surface area (TPSA) is 97.1 Å². The SMILES string of the molecule is CCn1c(=O)c2c(nc(C(C)N)n2C)n(CCOC)c1=O. The van der Waals surface area contributed by atoms with E-state index in [0.29, 0.717) is 36.7 Å². The predicted molar refractivity (Wildman–Crippen MR) is 79.4 cm³/mol. The first kappa shape index (κ1) is 15.5. The molecule has 1 atom stereocenters. The van der Waals surface area contributed by atoms with Gasteiger partial charge in [0, 0.05) is 20.7 Å². The van der Waals surface area contributed by atoms with Crippen LogP contribution in [-0.4, -0.2) is 32.4 Å². The van der Waals surface area contributed by atoms with Gasteiger partial charge in [-0.15, -0.1) is 0 Å². The average Bonchev–Trinajstić information content (AvgIpc) is 2.77. The van der Waals surface area contributed by atoms with E-state index >= 15 is 0 Å². The van der Waals surface area contributed by atoms with Crippen LogP contribution in [0.3, 0.4) is 0 Å². The van der Waals surface area contributed by atoms with Gasteiger partial charge in [-0.1, -0.05) is 0 Å². The molecule has 0 amide bonds.